The Balaban J connectivity index is 0.00000196. The molecule has 0 aliphatic rings. The van der Waals surface area contributed by atoms with E-state index in [4.69, 9.17) is 21.1 Å². The Morgan fingerprint density at radius 2 is 1.93 bits per heavy atom. The van der Waals surface area contributed by atoms with Gasteiger partial charge in [-0.05, 0) is 24.1 Å². The van der Waals surface area contributed by atoms with E-state index in [1.54, 1.807) is 0 Å². The zero-order valence-corrected chi connectivity index (χ0v) is 7.34. The molecule has 15 heavy (non-hydrogen) atoms. The molecule has 0 saturated carbocycles. The van der Waals surface area contributed by atoms with Gasteiger partial charge < -0.3 is 21.1 Å². The van der Waals surface area contributed by atoms with Crippen LogP contribution in [0, 0.1) is 0 Å². The van der Waals surface area contributed by atoms with Gasteiger partial charge in [0, 0.05) is 0 Å². The molecule has 0 amide bonds. The van der Waals surface area contributed by atoms with Crippen LogP contribution in [0.2, 0.25) is 0 Å². The molecular weight excluding hydrogens is 225 g/mol. The number of rotatable bonds is 3. The second-order valence-corrected chi connectivity index (χ2v) is 2.97. The number of nitrogens with two attached hydrogens (primary N) is 1. The van der Waals surface area contributed by atoms with Crippen molar-refractivity contribution < 1.29 is 20.1 Å². The molecule has 78 valence electrons. The summed E-state index contributed by atoms with van der Waals surface area (Å²) in [6.45, 7) is 0. The summed E-state index contributed by atoms with van der Waals surface area (Å²) >= 11 is 0. The summed E-state index contributed by atoms with van der Waals surface area (Å²) in [5.74, 6) is -1.62. The molecule has 0 spiro atoms. The zero-order chi connectivity index (χ0) is 10.7. The number of hydrogen-bond acceptors (Lipinski definition) is 4. The molecule has 1 unspecified atom stereocenters. The zero-order valence-electron chi connectivity index (χ0n) is 7.34. The van der Waals surface area contributed by atoms with Crippen molar-refractivity contribution in [2.75, 3.05) is 0 Å². The van der Waals surface area contributed by atoms with Gasteiger partial charge in [-0.25, -0.2) is 0 Å². The minimum atomic E-state index is -1.10. The van der Waals surface area contributed by atoms with Gasteiger partial charge in [-0.1, -0.05) is 6.07 Å². The van der Waals surface area contributed by atoms with E-state index >= 15 is 0 Å². The van der Waals surface area contributed by atoms with Gasteiger partial charge in [-0.3, -0.25) is 4.79 Å². The predicted molar refractivity (Wildman–Crippen MR) is 56.2 cm³/mol. The molecule has 0 radical (unpaired) electrons. The minimum absolute atomic E-state index is 0. The predicted octanol–water partition coefficient (Wildman–Crippen LogP) is -0.596. The van der Waals surface area contributed by atoms with Crippen molar-refractivity contribution in [1.82, 2.24) is 0 Å². The van der Waals surface area contributed by atoms with Crippen molar-refractivity contribution >= 4 is 57.4 Å². The Hall–Kier alpha value is -0.114. The molecule has 0 saturated heterocycles. The standard InChI is InChI=1S/C9H11NO4.K.H/c10-6(9(13)14)3-5-1-2-7(11)8(12)4-5;;/h1-2,4,6,11-12H,3,10H2,(H,13,14);;. The van der Waals surface area contributed by atoms with Gasteiger partial charge in [0.25, 0.3) is 0 Å². The summed E-state index contributed by atoms with van der Waals surface area (Å²) < 4.78 is 0. The Morgan fingerprint density at radius 1 is 1.33 bits per heavy atom. The fraction of sp³-hybridized carbons (Fsp3) is 0.222. The van der Waals surface area contributed by atoms with E-state index in [0.29, 0.717) is 5.56 Å². The molecule has 0 aliphatic carbocycles. The maximum absolute atomic E-state index is 10.4. The number of aromatic hydroxyl groups is 2. The van der Waals surface area contributed by atoms with Crippen LogP contribution in [0.15, 0.2) is 18.2 Å². The molecular formula is C9H12KNO4. The third-order valence-electron chi connectivity index (χ3n) is 1.81. The molecule has 6 heteroatoms. The quantitative estimate of drug-likeness (QED) is 0.415. The number of phenolic OH excluding ortho intramolecular Hbond substituents is 2. The first-order chi connectivity index (χ1) is 6.50. The Morgan fingerprint density at radius 3 is 2.40 bits per heavy atom. The Labute approximate surface area is 129 Å². The Kier molecular flexibility index (Phi) is 6.42. The van der Waals surface area contributed by atoms with Gasteiger partial charge >= 0.3 is 57.4 Å². The molecule has 5 nitrogen and oxygen atoms in total. The van der Waals surface area contributed by atoms with Gasteiger partial charge in [-0.15, -0.1) is 0 Å². The summed E-state index contributed by atoms with van der Waals surface area (Å²) in [6.07, 6.45) is 0.114. The summed E-state index contributed by atoms with van der Waals surface area (Å²) in [6, 6.07) is 3.09. The van der Waals surface area contributed by atoms with E-state index in [2.05, 4.69) is 0 Å². The van der Waals surface area contributed by atoms with Crippen LogP contribution in [0.1, 0.15) is 5.56 Å². The molecule has 1 aromatic carbocycles. The van der Waals surface area contributed by atoms with Crippen LogP contribution < -0.4 is 5.73 Å². The molecule has 0 heterocycles. The van der Waals surface area contributed by atoms with Gasteiger partial charge in [0.2, 0.25) is 0 Å². The van der Waals surface area contributed by atoms with Crippen molar-refractivity contribution in [2.45, 2.75) is 12.5 Å². The topological polar surface area (TPSA) is 104 Å². The van der Waals surface area contributed by atoms with Gasteiger partial charge in [0.1, 0.15) is 6.04 Å². The van der Waals surface area contributed by atoms with Crippen molar-refractivity contribution in [1.29, 1.82) is 0 Å². The normalized spacial score (nSPS) is 11.5. The van der Waals surface area contributed by atoms with Gasteiger partial charge in [-0.2, -0.15) is 0 Å². The number of phenols is 2. The van der Waals surface area contributed by atoms with Gasteiger partial charge in [0.05, 0.1) is 0 Å². The Bertz CT molecular complexity index is 356. The van der Waals surface area contributed by atoms with Gasteiger partial charge in [0.15, 0.2) is 11.5 Å². The fourth-order valence-electron chi connectivity index (χ4n) is 1.04. The van der Waals surface area contributed by atoms with Crippen LogP contribution in [0.5, 0.6) is 11.5 Å². The van der Waals surface area contributed by atoms with Crippen LogP contribution in [-0.4, -0.2) is 78.7 Å². The van der Waals surface area contributed by atoms with Crippen LogP contribution in [0.3, 0.4) is 0 Å². The first-order valence-electron chi connectivity index (χ1n) is 4.00. The van der Waals surface area contributed by atoms with Crippen molar-refractivity contribution in [2.24, 2.45) is 5.73 Å². The number of carboxylic acids is 1. The molecule has 0 aliphatic heterocycles. The fourth-order valence-corrected chi connectivity index (χ4v) is 1.04. The second kappa shape index (κ2) is 6.46. The third kappa shape index (κ3) is 4.50. The van der Waals surface area contributed by atoms with Crippen molar-refractivity contribution in [3.05, 3.63) is 23.8 Å². The molecule has 0 bridgehead atoms. The van der Waals surface area contributed by atoms with Crippen LogP contribution >= 0.6 is 0 Å². The average molecular weight is 237 g/mol. The number of carboxylic acid groups (broad SMARTS) is 1. The van der Waals surface area contributed by atoms with Crippen LogP contribution in [-0.2, 0) is 11.2 Å². The second-order valence-electron chi connectivity index (χ2n) is 2.97. The van der Waals surface area contributed by atoms with E-state index < -0.39 is 12.0 Å². The molecule has 0 fully saturated rings. The molecule has 5 N–H and O–H groups in total. The van der Waals surface area contributed by atoms with Crippen LogP contribution in [0.4, 0.5) is 0 Å². The average Bonchev–Trinajstić information content (AvgIpc) is 2.11. The van der Waals surface area contributed by atoms with E-state index in [1.165, 1.54) is 18.2 Å². The van der Waals surface area contributed by atoms with Crippen LogP contribution in [0.25, 0.3) is 0 Å². The third-order valence-corrected chi connectivity index (χ3v) is 1.81. The molecule has 1 atom stereocenters. The molecule has 1 rings (SSSR count). The SMILES string of the molecule is NC(Cc1ccc(O)c(O)c1)C(=O)O.[KH]. The maximum atomic E-state index is 10.4. The molecule has 0 aromatic heterocycles. The van der Waals surface area contributed by atoms with E-state index in [1.807, 2.05) is 0 Å². The van der Waals surface area contributed by atoms with E-state index in [-0.39, 0.29) is 69.3 Å². The summed E-state index contributed by atoms with van der Waals surface area (Å²) in [7, 11) is 0. The summed E-state index contributed by atoms with van der Waals surface area (Å²) in [4.78, 5) is 10.4. The molecule has 1 aromatic rings. The van der Waals surface area contributed by atoms with E-state index in [0.717, 1.165) is 0 Å². The number of benzene rings is 1. The monoisotopic (exact) mass is 237 g/mol. The van der Waals surface area contributed by atoms with Crippen molar-refractivity contribution in [3.8, 4) is 11.5 Å². The first-order valence-corrected chi connectivity index (χ1v) is 4.00. The first kappa shape index (κ1) is 14.9. The number of carbonyl (C=O) groups is 1. The summed E-state index contributed by atoms with van der Waals surface area (Å²) in [5.41, 5.74) is 5.86. The van der Waals surface area contributed by atoms with E-state index in [9.17, 15) is 4.79 Å². The summed E-state index contributed by atoms with van der Waals surface area (Å²) in [5, 5.41) is 26.6. The number of hydrogen-bond donors (Lipinski definition) is 4. The van der Waals surface area contributed by atoms with Crippen molar-refractivity contribution in [3.63, 3.8) is 0 Å². The number of aliphatic carboxylic acids is 1.